The smallest absolute Gasteiger partial charge is 0.260 e. The molecule has 1 aliphatic heterocycles. The highest BCUT2D eigenvalue weighted by Gasteiger charge is 2.25. The third-order valence-electron chi connectivity index (χ3n) is 5.64. The van der Waals surface area contributed by atoms with E-state index in [9.17, 15) is 9.59 Å². The number of fused-ring (bicyclic) bond motifs is 1. The van der Waals surface area contributed by atoms with Crippen LogP contribution in [0.15, 0.2) is 66.7 Å². The summed E-state index contributed by atoms with van der Waals surface area (Å²) < 4.78 is 10.9. The first-order chi connectivity index (χ1) is 15.2. The molecule has 0 aromatic heterocycles. The maximum absolute atomic E-state index is 12.8. The number of amides is 2. The Balaban J connectivity index is 1.29. The lowest BCUT2D eigenvalue weighted by molar-refractivity contribution is -0.134. The van der Waals surface area contributed by atoms with E-state index in [4.69, 9.17) is 9.47 Å². The van der Waals surface area contributed by atoms with Crippen molar-refractivity contribution in [2.45, 2.75) is 18.9 Å². The molecule has 0 atom stereocenters. The number of piperidine rings is 1. The Kier molecular flexibility index (Phi) is 6.36. The van der Waals surface area contributed by atoms with Crippen molar-refractivity contribution in [1.29, 1.82) is 0 Å². The van der Waals surface area contributed by atoms with Crippen LogP contribution in [-0.2, 0) is 4.79 Å². The van der Waals surface area contributed by atoms with Gasteiger partial charge in [-0.3, -0.25) is 9.59 Å². The standard InChI is InChI=1S/C25H26N2O4/c1-30-22-11-4-5-12-23(22)31-17-24(28)27-15-13-19(14-16-27)26-25(29)21-10-6-8-18-7-2-3-9-20(18)21/h2-12,19H,13-17H2,1H3,(H,26,29). The van der Waals surface area contributed by atoms with Crippen LogP contribution in [0.25, 0.3) is 10.8 Å². The average Bonchev–Trinajstić information content (AvgIpc) is 2.82. The fraction of sp³-hybridized carbons (Fsp3) is 0.280. The maximum Gasteiger partial charge on any atom is 0.260 e. The molecule has 160 valence electrons. The monoisotopic (exact) mass is 418 g/mol. The SMILES string of the molecule is COc1ccccc1OCC(=O)N1CCC(NC(=O)c2cccc3ccccc23)CC1. The molecule has 0 spiro atoms. The highest BCUT2D eigenvalue weighted by Crippen LogP contribution is 2.26. The lowest BCUT2D eigenvalue weighted by atomic mass is 10.0. The van der Waals surface area contributed by atoms with Crippen molar-refractivity contribution in [3.8, 4) is 11.5 Å². The third-order valence-corrected chi connectivity index (χ3v) is 5.64. The number of rotatable bonds is 6. The first kappa shape index (κ1) is 20.7. The lowest BCUT2D eigenvalue weighted by Gasteiger charge is -2.32. The van der Waals surface area contributed by atoms with E-state index in [0.717, 1.165) is 23.6 Å². The van der Waals surface area contributed by atoms with Crippen LogP contribution in [0.4, 0.5) is 0 Å². The first-order valence-corrected chi connectivity index (χ1v) is 10.5. The number of carbonyl (C=O) groups excluding carboxylic acids is 2. The van der Waals surface area contributed by atoms with Gasteiger partial charge >= 0.3 is 0 Å². The van der Waals surface area contributed by atoms with E-state index in [1.54, 1.807) is 24.1 Å². The van der Waals surface area contributed by atoms with E-state index >= 15 is 0 Å². The fourth-order valence-corrected chi connectivity index (χ4v) is 3.93. The molecule has 0 bridgehead atoms. The Labute approximate surface area is 181 Å². The number of hydrogen-bond donors (Lipinski definition) is 1. The number of hydrogen-bond acceptors (Lipinski definition) is 4. The number of carbonyl (C=O) groups is 2. The summed E-state index contributed by atoms with van der Waals surface area (Å²) in [5.74, 6) is 1.02. The summed E-state index contributed by atoms with van der Waals surface area (Å²) in [7, 11) is 1.57. The molecule has 4 rings (SSSR count). The van der Waals surface area contributed by atoms with Crippen molar-refractivity contribution < 1.29 is 19.1 Å². The van der Waals surface area contributed by atoms with Crippen molar-refractivity contribution in [2.24, 2.45) is 0 Å². The Morgan fingerprint density at radius 3 is 2.39 bits per heavy atom. The topological polar surface area (TPSA) is 67.9 Å². The number of nitrogens with zero attached hydrogens (tertiary/aromatic N) is 1. The van der Waals surface area contributed by atoms with Crippen LogP contribution in [0, 0.1) is 0 Å². The number of methoxy groups -OCH3 is 1. The van der Waals surface area contributed by atoms with Crippen LogP contribution >= 0.6 is 0 Å². The Hall–Kier alpha value is -3.54. The molecular formula is C25H26N2O4. The zero-order valence-electron chi connectivity index (χ0n) is 17.5. The van der Waals surface area contributed by atoms with Gasteiger partial charge in [0.05, 0.1) is 7.11 Å². The number of para-hydroxylation sites is 2. The lowest BCUT2D eigenvalue weighted by Crippen LogP contribution is -2.47. The van der Waals surface area contributed by atoms with Crippen LogP contribution < -0.4 is 14.8 Å². The summed E-state index contributed by atoms with van der Waals surface area (Å²) >= 11 is 0. The predicted molar refractivity (Wildman–Crippen MR) is 120 cm³/mol. The molecule has 0 unspecified atom stereocenters. The minimum absolute atomic E-state index is 0.0343. The van der Waals surface area contributed by atoms with Crippen molar-refractivity contribution in [2.75, 3.05) is 26.8 Å². The fourth-order valence-electron chi connectivity index (χ4n) is 3.93. The number of benzene rings is 3. The summed E-state index contributed by atoms with van der Waals surface area (Å²) in [4.78, 5) is 27.2. The second-order valence-electron chi connectivity index (χ2n) is 7.59. The average molecular weight is 418 g/mol. The molecule has 0 aliphatic carbocycles. The van der Waals surface area contributed by atoms with E-state index in [-0.39, 0.29) is 24.5 Å². The molecule has 1 heterocycles. The normalized spacial score (nSPS) is 14.3. The van der Waals surface area contributed by atoms with E-state index in [0.29, 0.717) is 30.2 Å². The minimum Gasteiger partial charge on any atom is -0.493 e. The van der Waals surface area contributed by atoms with Crippen LogP contribution in [0.2, 0.25) is 0 Å². The van der Waals surface area contributed by atoms with Gasteiger partial charge in [0.15, 0.2) is 18.1 Å². The van der Waals surface area contributed by atoms with Gasteiger partial charge in [-0.25, -0.2) is 0 Å². The number of ether oxygens (including phenoxy) is 2. The highest BCUT2D eigenvalue weighted by molar-refractivity contribution is 6.07. The molecule has 1 aliphatic rings. The maximum atomic E-state index is 12.8. The molecule has 0 saturated carbocycles. The summed E-state index contributed by atoms with van der Waals surface area (Å²) in [5, 5.41) is 5.13. The van der Waals surface area contributed by atoms with E-state index in [2.05, 4.69) is 5.32 Å². The summed E-state index contributed by atoms with van der Waals surface area (Å²) in [6.07, 6.45) is 1.44. The minimum atomic E-state index is -0.0684. The molecule has 2 amide bonds. The molecule has 0 radical (unpaired) electrons. The zero-order chi connectivity index (χ0) is 21.6. The van der Waals surface area contributed by atoms with Gasteiger partial charge in [0, 0.05) is 24.7 Å². The molecule has 6 nitrogen and oxygen atoms in total. The second-order valence-corrected chi connectivity index (χ2v) is 7.59. The summed E-state index contributed by atoms with van der Waals surface area (Å²) in [5.41, 5.74) is 0.682. The van der Waals surface area contributed by atoms with Crippen molar-refractivity contribution in [3.63, 3.8) is 0 Å². The van der Waals surface area contributed by atoms with Gasteiger partial charge in [-0.2, -0.15) is 0 Å². The molecule has 3 aromatic carbocycles. The van der Waals surface area contributed by atoms with E-state index < -0.39 is 0 Å². The van der Waals surface area contributed by atoms with E-state index in [1.807, 2.05) is 54.6 Å². The highest BCUT2D eigenvalue weighted by atomic mass is 16.5. The molecule has 1 fully saturated rings. The Morgan fingerprint density at radius 2 is 1.61 bits per heavy atom. The van der Waals surface area contributed by atoms with Gasteiger partial charge in [0.2, 0.25) is 0 Å². The van der Waals surface area contributed by atoms with Crippen LogP contribution in [0.1, 0.15) is 23.2 Å². The van der Waals surface area contributed by atoms with Crippen LogP contribution in [-0.4, -0.2) is 49.6 Å². The van der Waals surface area contributed by atoms with Gasteiger partial charge < -0.3 is 19.7 Å². The zero-order valence-corrected chi connectivity index (χ0v) is 17.5. The summed E-state index contributed by atoms with van der Waals surface area (Å²) in [6.45, 7) is 1.15. The van der Waals surface area contributed by atoms with Crippen LogP contribution in [0.5, 0.6) is 11.5 Å². The van der Waals surface area contributed by atoms with Crippen LogP contribution in [0.3, 0.4) is 0 Å². The van der Waals surface area contributed by atoms with E-state index in [1.165, 1.54) is 0 Å². The molecule has 3 aromatic rings. The number of likely N-dealkylation sites (tertiary alicyclic amines) is 1. The Bertz CT molecular complexity index is 1070. The van der Waals surface area contributed by atoms with Crippen molar-refractivity contribution in [1.82, 2.24) is 10.2 Å². The molecule has 6 heteroatoms. The second kappa shape index (κ2) is 9.51. The van der Waals surface area contributed by atoms with Gasteiger partial charge in [0.1, 0.15) is 0 Å². The third kappa shape index (κ3) is 4.79. The number of nitrogens with one attached hydrogen (secondary N) is 1. The van der Waals surface area contributed by atoms with Crippen molar-refractivity contribution >= 4 is 22.6 Å². The largest absolute Gasteiger partial charge is 0.493 e. The van der Waals surface area contributed by atoms with Gasteiger partial charge in [0.25, 0.3) is 11.8 Å². The Morgan fingerprint density at radius 1 is 0.935 bits per heavy atom. The summed E-state index contributed by atoms with van der Waals surface area (Å²) in [6, 6.07) is 20.9. The van der Waals surface area contributed by atoms with Gasteiger partial charge in [-0.1, -0.05) is 48.5 Å². The predicted octanol–water partition coefficient (Wildman–Crippen LogP) is 3.65. The first-order valence-electron chi connectivity index (χ1n) is 10.5. The molecule has 1 saturated heterocycles. The quantitative estimate of drug-likeness (QED) is 0.664. The molecular weight excluding hydrogens is 392 g/mol. The molecule has 31 heavy (non-hydrogen) atoms. The van der Waals surface area contributed by atoms with Gasteiger partial charge in [-0.15, -0.1) is 0 Å². The molecule has 1 N–H and O–H groups in total. The van der Waals surface area contributed by atoms with Crippen molar-refractivity contribution in [3.05, 3.63) is 72.3 Å². The van der Waals surface area contributed by atoms with Gasteiger partial charge in [-0.05, 0) is 41.8 Å².